The van der Waals surface area contributed by atoms with Crippen LogP contribution < -0.4 is 5.73 Å². The average Bonchev–Trinajstić information content (AvgIpc) is 3.12. The van der Waals surface area contributed by atoms with Gasteiger partial charge in [-0.3, -0.25) is 5.41 Å². The molecule has 1 aliphatic rings. The van der Waals surface area contributed by atoms with Gasteiger partial charge in [0, 0.05) is 22.2 Å². The third kappa shape index (κ3) is 3.20. The van der Waals surface area contributed by atoms with Crippen LogP contribution in [0.25, 0.3) is 11.1 Å². The Hall–Kier alpha value is -2.37. The lowest BCUT2D eigenvalue weighted by atomic mass is 9.79. The lowest BCUT2D eigenvalue weighted by molar-refractivity contribution is -0.129. The first-order chi connectivity index (χ1) is 12.4. The molecule has 1 aliphatic carbocycles. The summed E-state index contributed by atoms with van der Waals surface area (Å²) in [6, 6.07) is 10.8. The van der Waals surface area contributed by atoms with E-state index in [1.165, 1.54) is 6.07 Å². The first kappa shape index (κ1) is 18.4. The van der Waals surface area contributed by atoms with Crippen molar-refractivity contribution < 1.29 is 15.0 Å². The third-order valence-electron chi connectivity index (χ3n) is 5.29. The predicted octanol–water partition coefficient (Wildman–Crippen LogP) is 3.85. The number of nitrogens with two attached hydrogens (primary N) is 1. The zero-order valence-corrected chi connectivity index (χ0v) is 15.0. The molecular formula is C20H21ClN2O3. The van der Waals surface area contributed by atoms with E-state index in [0.717, 1.165) is 36.8 Å². The van der Waals surface area contributed by atoms with E-state index in [0.29, 0.717) is 10.6 Å². The first-order valence-electron chi connectivity index (χ1n) is 8.51. The van der Waals surface area contributed by atoms with E-state index in [2.05, 4.69) is 0 Å². The average molecular weight is 373 g/mol. The van der Waals surface area contributed by atoms with Crippen molar-refractivity contribution in [2.45, 2.75) is 31.1 Å². The lowest BCUT2D eigenvalue weighted by Gasteiger charge is -2.27. The second-order valence-electron chi connectivity index (χ2n) is 6.82. The summed E-state index contributed by atoms with van der Waals surface area (Å²) >= 11 is 6.30. The molecule has 0 aliphatic heterocycles. The van der Waals surface area contributed by atoms with Crippen LogP contribution in [0, 0.1) is 5.41 Å². The Labute approximate surface area is 156 Å². The maximum absolute atomic E-state index is 11.1. The highest BCUT2D eigenvalue weighted by atomic mass is 35.5. The van der Waals surface area contributed by atoms with E-state index in [9.17, 15) is 9.90 Å². The number of carboxylic acid groups (broad SMARTS) is 1. The van der Waals surface area contributed by atoms with Crippen molar-refractivity contribution in [3.8, 4) is 11.1 Å². The number of rotatable bonds is 5. The van der Waals surface area contributed by atoms with Crippen LogP contribution in [0.4, 0.5) is 5.69 Å². The number of hydrogen-bond acceptors (Lipinski definition) is 4. The highest BCUT2D eigenvalue weighted by Crippen LogP contribution is 2.41. The molecule has 0 spiro atoms. The molecule has 2 aromatic rings. The number of anilines is 1. The van der Waals surface area contributed by atoms with Crippen molar-refractivity contribution in [2.24, 2.45) is 0 Å². The molecule has 3 rings (SSSR count). The SMILES string of the molecule is N=C(C(=O)O)c1cc(-c2ccc(C3(CO)CCCC3)cc2)c(Cl)cc1N. The zero-order chi connectivity index (χ0) is 18.9. The second kappa shape index (κ2) is 7.09. The van der Waals surface area contributed by atoms with Gasteiger partial charge in [-0.25, -0.2) is 4.79 Å². The zero-order valence-electron chi connectivity index (χ0n) is 14.3. The van der Waals surface area contributed by atoms with Crippen LogP contribution in [0.3, 0.4) is 0 Å². The van der Waals surface area contributed by atoms with Crippen LogP contribution in [-0.2, 0) is 10.2 Å². The molecule has 0 aromatic heterocycles. The largest absolute Gasteiger partial charge is 0.477 e. The van der Waals surface area contributed by atoms with Crippen molar-refractivity contribution in [3.05, 3.63) is 52.5 Å². The fourth-order valence-electron chi connectivity index (χ4n) is 3.73. The van der Waals surface area contributed by atoms with Crippen LogP contribution in [0.2, 0.25) is 5.02 Å². The van der Waals surface area contributed by atoms with E-state index in [1.54, 1.807) is 6.07 Å². The Morgan fingerprint density at radius 3 is 2.35 bits per heavy atom. The van der Waals surface area contributed by atoms with Gasteiger partial charge < -0.3 is 15.9 Å². The molecule has 5 N–H and O–H groups in total. The normalized spacial score (nSPS) is 15.8. The maximum atomic E-state index is 11.1. The van der Waals surface area contributed by atoms with Gasteiger partial charge >= 0.3 is 5.97 Å². The molecule has 6 heteroatoms. The van der Waals surface area contributed by atoms with Gasteiger partial charge in [0.25, 0.3) is 0 Å². The number of carbonyl (C=O) groups is 1. The predicted molar refractivity (Wildman–Crippen MR) is 103 cm³/mol. The van der Waals surface area contributed by atoms with Crippen LogP contribution in [-0.4, -0.2) is 28.5 Å². The lowest BCUT2D eigenvalue weighted by Crippen LogP contribution is -2.26. The van der Waals surface area contributed by atoms with Crippen molar-refractivity contribution in [1.29, 1.82) is 5.41 Å². The number of aliphatic carboxylic acids is 1. The van der Waals surface area contributed by atoms with E-state index in [-0.39, 0.29) is 23.3 Å². The highest BCUT2D eigenvalue weighted by molar-refractivity contribution is 6.43. The summed E-state index contributed by atoms with van der Waals surface area (Å²) in [5, 5.41) is 27.0. The van der Waals surface area contributed by atoms with E-state index >= 15 is 0 Å². The summed E-state index contributed by atoms with van der Waals surface area (Å²) in [5.41, 5.74) is 7.94. The number of nitrogens with one attached hydrogen (secondary N) is 1. The Bertz CT molecular complexity index is 856. The molecule has 5 nitrogen and oxygen atoms in total. The van der Waals surface area contributed by atoms with Crippen LogP contribution in [0.1, 0.15) is 36.8 Å². The summed E-state index contributed by atoms with van der Waals surface area (Å²) in [6.45, 7) is 0.134. The van der Waals surface area contributed by atoms with Crippen molar-refractivity contribution in [3.63, 3.8) is 0 Å². The maximum Gasteiger partial charge on any atom is 0.354 e. The molecule has 136 valence electrons. The topological polar surface area (TPSA) is 107 Å². The summed E-state index contributed by atoms with van der Waals surface area (Å²) in [7, 11) is 0. The van der Waals surface area contributed by atoms with Gasteiger partial charge in [0.1, 0.15) is 5.71 Å². The van der Waals surface area contributed by atoms with Gasteiger partial charge in [-0.15, -0.1) is 0 Å². The Morgan fingerprint density at radius 2 is 1.81 bits per heavy atom. The van der Waals surface area contributed by atoms with Crippen LogP contribution >= 0.6 is 11.6 Å². The first-order valence-corrected chi connectivity index (χ1v) is 8.89. The Balaban J connectivity index is 2.00. The number of nitrogen functional groups attached to an aromatic ring is 1. The number of hydrogen-bond donors (Lipinski definition) is 4. The summed E-state index contributed by atoms with van der Waals surface area (Å²) in [6.07, 6.45) is 4.19. The molecule has 0 unspecified atom stereocenters. The molecule has 0 amide bonds. The monoisotopic (exact) mass is 372 g/mol. The molecule has 0 radical (unpaired) electrons. The highest BCUT2D eigenvalue weighted by Gasteiger charge is 2.34. The fraction of sp³-hybridized carbons (Fsp3) is 0.300. The molecule has 2 aromatic carbocycles. The minimum absolute atomic E-state index is 0.134. The van der Waals surface area contributed by atoms with Crippen molar-refractivity contribution >= 4 is 29.0 Å². The van der Waals surface area contributed by atoms with Gasteiger partial charge in [0.15, 0.2) is 0 Å². The van der Waals surface area contributed by atoms with E-state index in [1.807, 2.05) is 24.3 Å². The van der Waals surface area contributed by atoms with Gasteiger partial charge in [-0.05, 0) is 36.1 Å². The smallest absolute Gasteiger partial charge is 0.354 e. The fourth-order valence-corrected chi connectivity index (χ4v) is 4.02. The van der Waals surface area contributed by atoms with Gasteiger partial charge in [0.2, 0.25) is 0 Å². The number of halogens is 1. The summed E-state index contributed by atoms with van der Waals surface area (Å²) < 4.78 is 0. The molecule has 1 fully saturated rings. The molecular weight excluding hydrogens is 352 g/mol. The minimum Gasteiger partial charge on any atom is -0.477 e. The molecule has 0 atom stereocenters. The molecule has 0 heterocycles. The van der Waals surface area contributed by atoms with Gasteiger partial charge in [0.05, 0.1) is 11.6 Å². The minimum atomic E-state index is -1.34. The second-order valence-corrected chi connectivity index (χ2v) is 7.23. The summed E-state index contributed by atoms with van der Waals surface area (Å²) in [4.78, 5) is 11.1. The number of aliphatic hydroxyl groups is 1. The molecule has 0 bridgehead atoms. The van der Waals surface area contributed by atoms with Crippen molar-refractivity contribution in [2.75, 3.05) is 12.3 Å². The number of aliphatic hydroxyl groups excluding tert-OH is 1. The van der Waals surface area contributed by atoms with E-state index < -0.39 is 11.7 Å². The van der Waals surface area contributed by atoms with Crippen LogP contribution in [0.15, 0.2) is 36.4 Å². The Kier molecular flexibility index (Phi) is 5.03. The molecule has 0 saturated heterocycles. The third-order valence-corrected chi connectivity index (χ3v) is 5.61. The van der Waals surface area contributed by atoms with E-state index in [4.69, 9.17) is 27.9 Å². The quantitative estimate of drug-likeness (QED) is 0.472. The number of carboxylic acids is 1. The molecule has 26 heavy (non-hydrogen) atoms. The molecule has 1 saturated carbocycles. The summed E-state index contributed by atoms with van der Waals surface area (Å²) in [5.74, 6) is -1.34. The van der Waals surface area contributed by atoms with Gasteiger partial charge in [-0.1, -0.05) is 48.7 Å². The standard InChI is InChI=1S/C20H21ClN2O3/c21-16-10-17(22)15(18(23)19(25)26)9-14(16)12-3-5-13(6-4-12)20(11-24)7-1-2-8-20/h3-6,9-10,23-24H,1-2,7-8,11,22H2,(H,25,26). The Morgan fingerprint density at radius 1 is 1.19 bits per heavy atom. The van der Waals surface area contributed by atoms with Crippen molar-refractivity contribution in [1.82, 2.24) is 0 Å². The van der Waals surface area contributed by atoms with Gasteiger partial charge in [-0.2, -0.15) is 0 Å². The number of benzene rings is 2. The van der Waals surface area contributed by atoms with Crippen LogP contribution in [0.5, 0.6) is 0 Å².